The van der Waals surface area contributed by atoms with Gasteiger partial charge in [0.05, 0.1) is 11.7 Å². The second-order valence-electron chi connectivity index (χ2n) is 4.53. The number of carbonyl (C=O) groups excluding carboxylic acids is 1. The largest absolute Gasteiger partial charge is 0.370 e. The number of carbonyl (C=O) groups is 1. The Balaban J connectivity index is 2.91. The minimum absolute atomic E-state index is 0.00814. The van der Waals surface area contributed by atoms with E-state index in [0.29, 0.717) is 12.1 Å². The highest BCUT2D eigenvalue weighted by atomic mass is 16.1. The molecule has 1 aromatic carbocycles. The summed E-state index contributed by atoms with van der Waals surface area (Å²) in [5.41, 5.74) is 18.1. The Hall–Kier alpha value is -1.88. The molecule has 6 N–H and O–H groups in total. The molecule has 0 radical (unpaired) electrons. The van der Waals surface area contributed by atoms with Crippen LogP contribution in [0.25, 0.3) is 0 Å². The fourth-order valence-electron chi connectivity index (χ4n) is 1.70. The summed E-state index contributed by atoms with van der Waals surface area (Å²) in [7, 11) is 0. The van der Waals surface area contributed by atoms with Crippen molar-refractivity contribution in [3.05, 3.63) is 29.8 Å². The van der Waals surface area contributed by atoms with Crippen molar-refractivity contribution in [3.63, 3.8) is 0 Å². The first-order chi connectivity index (χ1) is 8.41. The van der Waals surface area contributed by atoms with Crippen molar-refractivity contribution >= 4 is 17.4 Å². The van der Waals surface area contributed by atoms with Crippen LogP contribution in [-0.4, -0.2) is 17.8 Å². The highest BCUT2D eigenvalue weighted by Gasteiger charge is 2.18. The smallest absolute Gasteiger partial charge is 0.191 e. The number of Topliss-reactive ketones (excluding diaryl/α,β-unsaturated/α-hetero) is 1. The molecule has 0 fully saturated rings. The van der Waals surface area contributed by atoms with E-state index in [1.807, 2.05) is 32.0 Å². The van der Waals surface area contributed by atoms with Crippen LogP contribution < -0.4 is 17.2 Å². The van der Waals surface area contributed by atoms with E-state index in [1.54, 1.807) is 6.07 Å². The van der Waals surface area contributed by atoms with Crippen LogP contribution in [0.4, 0.5) is 5.69 Å². The van der Waals surface area contributed by atoms with Crippen LogP contribution in [-0.2, 0) is 11.2 Å². The lowest BCUT2D eigenvalue weighted by Crippen LogP contribution is -2.35. The number of hydrogen-bond acceptors (Lipinski definition) is 3. The highest BCUT2D eigenvalue weighted by molar-refractivity contribution is 5.86. The third-order valence-corrected chi connectivity index (χ3v) is 2.62. The molecule has 1 unspecified atom stereocenters. The van der Waals surface area contributed by atoms with E-state index in [2.05, 4.69) is 4.99 Å². The molecule has 0 aromatic heterocycles. The van der Waals surface area contributed by atoms with Crippen molar-refractivity contribution in [1.29, 1.82) is 0 Å². The number of ketones is 1. The molecule has 0 saturated heterocycles. The number of guanidine groups is 1. The zero-order valence-electron chi connectivity index (χ0n) is 10.8. The summed E-state index contributed by atoms with van der Waals surface area (Å²) < 4.78 is 0. The summed E-state index contributed by atoms with van der Waals surface area (Å²) in [6.45, 7) is 3.67. The summed E-state index contributed by atoms with van der Waals surface area (Å²) in [6.07, 6.45) is 0.434. The maximum absolute atomic E-state index is 11.8. The van der Waals surface area contributed by atoms with Crippen LogP contribution in [0.1, 0.15) is 19.4 Å². The fraction of sp³-hybridized carbons (Fsp3) is 0.385. The zero-order chi connectivity index (χ0) is 13.7. The second kappa shape index (κ2) is 6.16. The molecule has 1 aromatic rings. The van der Waals surface area contributed by atoms with Gasteiger partial charge in [0.1, 0.15) is 0 Å². The molecule has 0 aliphatic heterocycles. The number of hydrogen-bond donors (Lipinski definition) is 3. The molecule has 98 valence electrons. The number of rotatable bonds is 5. The summed E-state index contributed by atoms with van der Waals surface area (Å²) in [5.74, 6) is -0.0454. The Morgan fingerprint density at radius 1 is 1.28 bits per heavy atom. The van der Waals surface area contributed by atoms with Gasteiger partial charge in [-0.2, -0.15) is 0 Å². The molecule has 0 spiro atoms. The van der Waals surface area contributed by atoms with Gasteiger partial charge in [0.2, 0.25) is 0 Å². The van der Waals surface area contributed by atoms with Crippen molar-refractivity contribution in [2.24, 2.45) is 28.1 Å². The molecule has 5 heteroatoms. The first-order valence-electron chi connectivity index (χ1n) is 5.88. The van der Waals surface area contributed by atoms with E-state index in [0.717, 1.165) is 5.56 Å². The van der Waals surface area contributed by atoms with Gasteiger partial charge in [-0.05, 0) is 18.1 Å². The summed E-state index contributed by atoms with van der Waals surface area (Å²) in [6, 6.07) is 6.84. The van der Waals surface area contributed by atoms with Gasteiger partial charge >= 0.3 is 0 Å². The van der Waals surface area contributed by atoms with Crippen molar-refractivity contribution in [2.45, 2.75) is 26.3 Å². The Labute approximate surface area is 107 Å². The third kappa shape index (κ3) is 3.85. The van der Waals surface area contributed by atoms with Crippen molar-refractivity contribution in [3.8, 4) is 0 Å². The van der Waals surface area contributed by atoms with Crippen molar-refractivity contribution in [1.82, 2.24) is 0 Å². The molecule has 0 aliphatic rings. The van der Waals surface area contributed by atoms with Gasteiger partial charge in [-0.1, -0.05) is 32.0 Å². The SMILES string of the molecule is CC(C)C(=O)C(N)Cc1ccccc1N=C(N)N. The molecule has 0 bridgehead atoms. The van der Waals surface area contributed by atoms with Crippen LogP contribution in [0, 0.1) is 5.92 Å². The van der Waals surface area contributed by atoms with E-state index in [4.69, 9.17) is 17.2 Å². The average Bonchev–Trinajstić information content (AvgIpc) is 2.29. The van der Waals surface area contributed by atoms with Gasteiger partial charge in [-0.3, -0.25) is 4.79 Å². The predicted molar refractivity (Wildman–Crippen MR) is 73.4 cm³/mol. The summed E-state index contributed by atoms with van der Waals surface area (Å²) >= 11 is 0. The van der Waals surface area contributed by atoms with Crippen LogP contribution in [0.3, 0.4) is 0 Å². The standard InChI is InChI=1S/C13H20N4O/c1-8(2)12(18)10(14)7-9-5-3-4-6-11(9)17-13(15)16/h3-6,8,10H,7,14H2,1-2H3,(H4,15,16,17). The molecule has 0 aliphatic carbocycles. The quantitative estimate of drug-likeness (QED) is 0.526. The molecular formula is C13H20N4O. The Morgan fingerprint density at radius 3 is 2.44 bits per heavy atom. The van der Waals surface area contributed by atoms with E-state index in [9.17, 15) is 4.79 Å². The molecule has 1 rings (SSSR count). The van der Waals surface area contributed by atoms with Gasteiger partial charge in [-0.25, -0.2) is 4.99 Å². The molecule has 0 amide bonds. The Bertz CT molecular complexity index is 450. The average molecular weight is 248 g/mol. The van der Waals surface area contributed by atoms with Crippen molar-refractivity contribution in [2.75, 3.05) is 0 Å². The van der Waals surface area contributed by atoms with E-state index in [-0.39, 0.29) is 17.7 Å². The maximum Gasteiger partial charge on any atom is 0.191 e. The Morgan fingerprint density at radius 2 is 1.89 bits per heavy atom. The Kier molecular flexibility index (Phi) is 4.85. The van der Waals surface area contributed by atoms with Gasteiger partial charge in [0.15, 0.2) is 11.7 Å². The summed E-state index contributed by atoms with van der Waals surface area (Å²) in [5, 5.41) is 0. The lowest BCUT2D eigenvalue weighted by Gasteiger charge is -2.14. The van der Waals surface area contributed by atoms with Gasteiger partial charge in [0.25, 0.3) is 0 Å². The predicted octanol–water partition coefficient (Wildman–Crippen LogP) is 0.686. The molecule has 1 atom stereocenters. The van der Waals surface area contributed by atoms with Crippen LogP contribution in [0.15, 0.2) is 29.3 Å². The molecule has 5 nitrogen and oxygen atoms in total. The fourth-order valence-corrected chi connectivity index (χ4v) is 1.70. The molecule has 0 heterocycles. The number of para-hydroxylation sites is 1. The highest BCUT2D eigenvalue weighted by Crippen LogP contribution is 2.20. The zero-order valence-corrected chi connectivity index (χ0v) is 10.8. The van der Waals surface area contributed by atoms with E-state index < -0.39 is 6.04 Å². The number of nitrogens with zero attached hydrogens (tertiary/aromatic N) is 1. The minimum Gasteiger partial charge on any atom is -0.370 e. The number of benzene rings is 1. The molecular weight excluding hydrogens is 228 g/mol. The topological polar surface area (TPSA) is 107 Å². The van der Waals surface area contributed by atoms with Crippen LogP contribution in [0.2, 0.25) is 0 Å². The monoisotopic (exact) mass is 248 g/mol. The molecule has 18 heavy (non-hydrogen) atoms. The van der Waals surface area contributed by atoms with Gasteiger partial charge in [0, 0.05) is 5.92 Å². The van der Waals surface area contributed by atoms with E-state index in [1.165, 1.54) is 0 Å². The van der Waals surface area contributed by atoms with Crippen LogP contribution in [0.5, 0.6) is 0 Å². The first-order valence-corrected chi connectivity index (χ1v) is 5.88. The van der Waals surface area contributed by atoms with Gasteiger partial charge < -0.3 is 17.2 Å². The maximum atomic E-state index is 11.8. The first kappa shape index (κ1) is 14.2. The normalized spacial score (nSPS) is 12.2. The van der Waals surface area contributed by atoms with E-state index >= 15 is 0 Å². The minimum atomic E-state index is -0.527. The van der Waals surface area contributed by atoms with Gasteiger partial charge in [-0.15, -0.1) is 0 Å². The van der Waals surface area contributed by atoms with Crippen LogP contribution >= 0.6 is 0 Å². The molecule has 0 saturated carbocycles. The lowest BCUT2D eigenvalue weighted by molar-refractivity contribution is -0.123. The van der Waals surface area contributed by atoms with Crippen molar-refractivity contribution < 1.29 is 4.79 Å². The lowest BCUT2D eigenvalue weighted by atomic mass is 9.96. The third-order valence-electron chi connectivity index (χ3n) is 2.62. The number of aliphatic imine (C=N–C) groups is 1. The summed E-state index contributed by atoms with van der Waals surface area (Å²) in [4.78, 5) is 15.8. The number of nitrogens with two attached hydrogens (primary N) is 3. The second-order valence-corrected chi connectivity index (χ2v) is 4.53.